The van der Waals surface area contributed by atoms with Crippen LogP contribution in [-0.4, -0.2) is 14.8 Å². The van der Waals surface area contributed by atoms with Gasteiger partial charge in [-0.05, 0) is 0 Å². The number of halogens is 1. The molecule has 0 radical (unpaired) electrons. The van der Waals surface area contributed by atoms with E-state index in [1.54, 1.807) is 35.2 Å². The second-order valence-electron chi connectivity index (χ2n) is 4.60. The number of hydrogen-bond donors (Lipinski definition) is 0. The lowest BCUT2D eigenvalue weighted by molar-refractivity contribution is -0.696. The zero-order valence-corrected chi connectivity index (χ0v) is 12.8. The van der Waals surface area contributed by atoms with Gasteiger partial charge >= 0.3 is 0 Å². The van der Waals surface area contributed by atoms with Crippen molar-refractivity contribution in [3.05, 3.63) is 78.6 Å². The van der Waals surface area contributed by atoms with E-state index in [9.17, 15) is 30.3 Å². The third-order valence-electron chi connectivity index (χ3n) is 3.19. The number of nitro groups is 3. The van der Waals surface area contributed by atoms with Gasteiger partial charge in [0.2, 0.25) is 0 Å². The number of nitrogens with zero attached hydrogens (tertiary/aromatic N) is 4. The molecule has 0 spiro atoms. The maximum absolute atomic E-state index is 11.1. The Balaban J connectivity index is 0.00000288. The van der Waals surface area contributed by atoms with Gasteiger partial charge in [-0.25, -0.2) is 4.57 Å². The molecule has 0 atom stereocenters. The van der Waals surface area contributed by atoms with Crippen molar-refractivity contribution in [3.63, 3.8) is 0 Å². The largest absolute Gasteiger partial charge is 1.00 e. The maximum Gasteiger partial charge on any atom is 0.286 e. The summed E-state index contributed by atoms with van der Waals surface area (Å²) in [6.45, 7) is 0.264. The Morgan fingerprint density at radius 3 is 1.75 bits per heavy atom. The summed E-state index contributed by atoms with van der Waals surface area (Å²) < 4.78 is 1.70. The van der Waals surface area contributed by atoms with Crippen LogP contribution in [0, 0.1) is 30.3 Å². The number of hydrogen-bond acceptors (Lipinski definition) is 6. The van der Waals surface area contributed by atoms with Gasteiger partial charge in [0.05, 0.1) is 26.9 Å². The molecule has 1 aromatic heterocycles. The van der Waals surface area contributed by atoms with E-state index < -0.39 is 31.8 Å². The van der Waals surface area contributed by atoms with Gasteiger partial charge in [0.25, 0.3) is 17.1 Å². The third-order valence-corrected chi connectivity index (χ3v) is 3.19. The lowest BCUT2D eigenvalue weighted by atomic mass is 10.1. The van der Waals surface area contributed by atoms with Crippen molar-refractivity contribution in [3.8, 4) is 0 Å². The van der Waals surface area contributed by atoms with Crippen LogP contribution in [0.15, 0.2) is 42.7 Å². The monoisotopic (exact) mass is 354 g/mol. The summed E-state index contributed by atoms with van der Waals surface area (Å²) in [5, 5.41) is 33.1. The number of benzene rings is 1. The van der Waals surface area contributed by atoms with Crippen LogP contribution in [0.4, 0.5) is 17.1 Å². The highest BCUT2D eigenvalue weighted by Gasteiger charge is 2.30. The first-order valence-corrected chi connectivity index (χ1v) is 6.44. The zero-order chi connectivity index (χ0) is 17.0. The van der Waals surface area contributed by atoms with Crippen LogP contribution in [0.2, 0.25) is 0 Å². The fourth-order valence-electron chi connectivity index (χ4n) is 2.14. The first-order valence-electron chi connectivity index (χ1n) is 6.44. The van der Waals surface area contributed by atoms with Crippen LogP contribution in [-0.2, 0) is 13.0 Å². The van der Waals surface area contributed by atoms with E-state index in [1.165, 1.54) is 0 Å². The zero-order valence-electron chi connectivity index (χ0n) is 12.1. The van der Waals surface area contributed by atoms with Crippen molar-refractivity contribution >= 4 is 17.1 Å². The number of rotatable bonds is 6. The Kier molecular flexibility index (Phi) is 6.24. The molecule has 2 aromatic rings. The average Bonchev–Trinajstić information content (AvgIpc) is 2.52. The fourth-order valence-corrected chi connectivity index (χ4v) is 2.14. The van der Waals surface area contributed by atoms with Crippen LogP contribution in [0.1, 0.15) is 5.56 Å². The molecule has 0 aliphatic carbocycles. The highest BCUT2D eigenvalue weighted by atomic mass is 35.5. The summed E-state index contributed by atoms with van der Waals surface area (Å²) in [4.78, 5) is 30.5. The number of non-ortho nitro benzene ring substituents is 1. The van der Waals surface area contributed by atoms with Crippen LogP contribution in [0.25, 0.3) is 0 Å². The van der Waals surface area contributed by atoms with Gasteiger partial charge in [0, 0.05) is 18.6 Å². The molecule has 10 nitrogen and oxygen atoms in total. The van der Waals surface area contributed by atoms with E-state index in [1.807, 2.05) is 0 Å². The second-order valence-corrected chi connectivity index (χ2v) is 4.60. The highest BCUT2D eigenvalue weighted by molar-refractivity contribution is 5.60. The number of nitro benzene ring substituents is 3. The minimum Gasteiger partial charge on any atom is -1.00 e. The average molecular weight is 355 g/mol. The van der Waals surface area contributed by atoms with Crippen LogP contribution in [0.5, 0.6) is 0 Å². The van der Waals surface area contributed by atoms with Crippen LogP contribution >= 0.6 is 0 Å². The lowest BCUT2D eigenvalue weighted by Crippen LogP contribution is -3.00. The van der Waals surface area contributed by atoms with Crippen molar-refractivity contribution in [1.29, 1.82) is 0 Å². The molecule has 0 aliphatic rings. The standard InChI is InChI=1S/C13H11N4O6.ClH/c18-15(19)10-8-12(16(20)21)11(13(9-10)17(22)23)4-7-14-5-2-1-3-6-14;/h1-3,5-6,8-9H,4,7H2;1H/q+1;/p-1. The van der Waals surface area contributed by atoms with Crippen molar-refractivity contribution < 1.29 is 31.7 Å². The van der Waals surface area contributed by atoms with Gasteiger partial charge < -0.3 is 12.4 Å². The van der Waals surface area contributed by atoms with E-state index in [0.29, 0.717) is 0 Å². The molecule has 0 aliphatic heterocycles. The second kappa shape index (κ2) is 7.92. The normalized spacial score (nSPS) is 9.83. The minimum atomic E-state index is -0.893. The number of pyridine rings is 1. The Morgan fingerprint density at radius 2 is 1.33 bits per heavy atom. The summed E-state index contributed by atoms with van der Waals surface area (Å²) in [6.07, 6.45) is 3.42. The topological polar surface area (TPSA) is 133 Å². The molecule has 1 aromatic carbocycles. The molecule has 0 N–H and O–H groups in total. The Bertz CT molecular complexity index is 748. The van der Waals surface area contributed by atoms with E-state index in [4.69, 9.17) is 0 Å². The summed E-state index contributed by atoms with van der Waals surface area (Å²) in [7, 11) is 0. The Morgan fingerprint density at radius 1 is 0.833 bits per heavy atom. The molecule has 0 saturated carbocycles. The van der Waals surface area contributed by atoms with Gasteiger partial charge in [-0.15, -0.1) is 0 Å². The number of aryl methyl sites for hydroxylation is 1. The van der Waals surface area contributed by atoms with Gasteiger partial charge in [0.15, 0.2) is 18.9 Å². The predicted octanol–water partition coefficient (Wildman–Crippen LogP) is -1.05. The molecule has 2 rings (SSSR count). The Hall–Kier alpha value is -3.14. The minimum absolute atomic E-state index is 0. The molecule has 0 fully saturated rings. The molecule has 0 amide bonds. The molecule has 1 heterocycles. The summed E-state index contributed by atoms with van der Waals surface area (Å²) in [5.41, 5.74) is -2.06. The van der Waals surface area contributed by atoms with Gasteiger partial charge in [-0.1, -0.05) is 6.07 Å². The summed E-state index contributed by atoms with van der Waals surface area (Å²) in [6, 6.07) is 6.78. The van der Waals surface area contributed by atoms with Crippen molar-refractivity contribution in [2.45, 2.75) is 13.0 Å². The number of aromatic nitrogens is 1. The van der Waals surface area contributed by atoms with Gasteiger partial charge in [0.1, 0.15) is 5.56 Å². The third kappa shape index (κ3) is 4.20. The van der Waals surface area contributed by atoms with Gasteiger partial charge in [-0.3, -0.25) is 30.3 Å². The Labute approximate surface area is 141 Å². The smallest absolute Gasteiger partial charge is 0.286 e. The highest BCUT2D eigenvalue weighted by Crippen LogP contribution is 2.33. The molecule has 0 unspecified atom stereocenters. The lowest BCUT2D eigenvalue weighted by Gasteiger charge is -2.03. The van der Waals surface area contributed by atoms with E-state index >= 15 is 0 Å². The predicted molar refractivity (Wildman–Crippen MR) is 76.7 cm³/mol. The molecular formula is C13H11ClN4O6. The van der Waals surface area contributed by atoms with E-state index in [2.05, 4.69) is 0 Å². The molecule has 0 bridgehead atoms. The van der Waals surface area contributed by atoms with Gasteiger partial charge in [-0.2, -0.15) is 0 Å². The SMILES string of the molecule is O=[N+]([O-])c1cc([N+](=O)[O-])c(CC[n+]2ccccc2)c([N+](=O)[O-])c1.[Cl-]. The summed E-state index contributed by atoms with van der Waals surface area (Å²) in [5.74, 6) is 0. The fraction of sp³-hybridized carbons (Fsp3) is 0.154. The van der Waals surface area contributed by atoms with E-state index in [0.717, 1.165) is 12.1 Å². The molecule has 126 valence electrons. The molecule has 24 heavy (non-hydrogen) atoms. The quantitative estimate of drug-likeness (QED) is 0.369. The van der Waals surface area contributed by atoms with Crippen LogP contribution in [0.3, 0.4) is 0 Å². The van der Waals surface area contributed by atoms with E-state index in [-0.39, 0.29) is 30.9 Å². The first kappa shape index (κ1) is 18.9. The van der Waals surface area contributed by atoms with Crippen LogP contribution < -0.4 is 17.0 Å². The first-order chi connectivity index (χ1) is 10.9. The molecular weight excluding hydrogens is 344 g/mol. The molecule has 0 saturated heterocycles. The maximum atomic E-state index is 11.1. The van der Waals surface area contributed by atoms with Crippen molar-refractivity contribution in [1.82, 2.24) is 0 Å². The van der Waals surface area contributed by atoms with Crippen molar-refractivity contribution in [2.24, 2.45) is 0 Å². The van der Waals surface area contributed by atoms with Crippen molar-refractivity contribution in [2.75, 3.05) is 0 Å². The summed E-state index contributed by atoms with van der Waals surface area (Å²) >= 11 is 0. The molecule has 11 heteroatoms.